The Morgan fingerprint density at radius 1 is 1.39 bits per heavy atom. The van der Waals surface area contributed by atoms with E-state index in [0.717, 1.165) is 0 Å². The molecule has 1 N–H and O–H groups in total. The number of rotatable bonds is 7. The topological polar surface area (TPSA) is 66.8 Å². The van der Waals surface area contributed by atoms with Crippen LogP contribution in [-0.2, 0) is 14.3 Å². The van der Waals surface area contributed by atoms with Crippen LogP contribution in [0.2, 0.25) is 10.0 Å². The van der Waals surface area contributed by atoms with Gasteiger partial charge in [-0.25, -0.2) is 0 Å². The number of aliphatic hydroxyl groups is 1. The van der Waals surface area contributed by atoms with E-state index in [1.54, 1.807) is 31.2 Å². The van der Waals surface area contributed by atoms with Gasteiger partial charge < -0.3 is 14.7 Å². The van der Waals surface area contributed by atoms with Gasteiger partial charge in [0, 0.05) is 29.2 Å². The lowest BCUT2D eigenvalue weighted by Crippen LogP contribution is -2.37. The highest BCUT2D eigenvalue weighted by Crippen LogP contribution is 2.22. The maximum absolute atomic E-state index is 12.2. The van der Waals surface area contributed by atoms with Gasteiger partial charge in [-0.1, -0.05) is 29.3 Å². The summed E-state index contributed by atoms with van der Waals surface area (Å²) in [6.07, 6.45) is 2.26. The lowest BCUT2D eigenvalue weighted by atomic mass is 10.2. The third-order valence-electron chi connectivity index (χ3n) is 2.98. The lowest BCUT2D eigenvalue weighted by molar-refractivity contribution is -0.141. The van der Waals surface area contributed by atoms with E-state index < -0.39 is 12.1 Å². The molecule has 0 aliphatic carbocycles. The van der Waals surface area contributed by atoms with Gasteiger partial charge in [-0.15, -0.1) is 0 Å². The molecule has 0 spiro atoms. The van der Waals surface area contributed by atoms with Gasteiger partial charge in [0.1, 0.15) is 0 Å². The van der Waals surface area contributed by atoms with Crippen LogP contribution in [0.3, 0.4) is 0 Å². The molecule has 0 aliphatic rings. The molecule has 1 unspecified atom stereocenters. The minimum absolute atomic E-state index is 0.0600. The number of methoxy groups -OCH3 is 1. The zero-order chi connectivity index (χ0) is 17.4. The molecule has 0 radical (unpaired) electrons. The van der Waals surface area contributed by atoms with Crippen LogP contribution in [0.5, 0.6) is 0 Å². The number of esters is 1. The minimum Gasteiger partial charge on any atom is -0.469 e. The van der Waals surface area contributed by atoms with Crippen LogP contribution in [0, 0.1) is 0 Å². The summed E-state index contributed by atoms with van der Waals surface area (Å²) < 4.78 is 4.55. The second-order valence-corrected chi connectivity index (χ2v) is 5.80. The first-order valence-corrected chi connectivity index (χ1v) is 7.76. The third kappa shape index (κ3) is 7.03. The molecule has 23 heavy (non-hydrogen) atoms. The first-order chi connectivity index (χ1) is 10.8. The Bertz CT molecular complexity index is 587. The molecule has 0 heterocycles. The number of carbonyl (C=O) groups is 2. The highest BCUT2D eigenvalue weighted by Gasteiger charge is 2.15. The molecule has 0 bridgehead atoms. The van der Waals surface area contributed by atoms with E-state index >= 15 is 0 Å². The molecule has 0 fully saturated rings. The van der Waals surface area contributed by atoms with Crippen molar-refractivity contribution in [3.63, 3.8) is 0 Å². The summed E-state index contributed by atoms with van der Waals surface area (Å²) in [5.74, 6) is -0.751. The molecule has 126 valence electrons. The number of aliphatic hydroxyl groups excluding tert-OH is 1. The molecule has 1 rings (SSSR count). The Morgan fingerprint density at radius 2 is 2.09 bits per heavy atom. The quantitative estimate of drug-likeness (QED) is 0.600. The van der Waals surface area contributed by atoms with Crippen LogP contribution in [-0.4, -0.2) is 48.2 Å². The summed E-state index contributed by atoms with van der Waals surface area (Å²) in [6, 6.07) is 4.95. The van der Waals surface area contributed by atoms with Crippen molar-refractivity contribution in [2.45, 2.75) is 19.4 Å². The van der Waals surface area contributed by atoms with E-state index in [1.165, 1.54) is 18.1 Å². The number of nitrogens with zero attached hydrogens (tertiary/aromatic N) is 1. The van der Waals surface area contributed by atoms with E-state index in [-0.39, 0.29) is 25.4 Å². The van der Waals surface area contributed by atoms with Gasteiger partial charge in [-0.3, -0.25) is 9.59 Å². The summed E-state index contributed by atoms with van der Waals surface area (Å²) in [5, 5.41) is 10.4. The molecule has 1 aromatic carbocycles. The van der Waals surface area contributed by atoms with E-state index in [1.807, 2.05) is 0 Å². The summed E-state index contributed by atoms with van der Waals surface area (Å²) in [4.78, 5) is 24.8. The van der Waals surface area contributed by atoms with Crippen molar-refractivity contribution in [1.82, 2.24) is 4.90 Å². The third-order valence-corrected chi connectivity index (χ3v) is 3.54. The average Bonchev–Trinajstić information content (AvgIpc) is 2.49. The number of hydrogen-bond acceptors (Lipinski definition) is 4. The Hall–Kier alpha value is -1.56. The molecule has 7 heteroatoms. The van der Waals surface area contributed by atoms with Crippen LogP contribution in [0.1, 0.15) is 18.9 Å². The SMILES string of the molecule is COC(=O)CCN(CC(C)O)C(=O)/C=C/c1ccc(Cl)cc1Cl. The Labute approximate surface area is 145 Å². The van der Waals surface area contributed by atoms with Crippen molar-refractivity contribution in [1.29, 1.82) is 0 Å². The molecule has 0 saturated heterocycles. The van der Waals surface area contributed by atoms with Crippen LogP contribution in [0.25, 0.3) is 6.08 Å². The van der Waals surface area contributed by atoms with E-state index in [0.29, 0.717) is 15.6 Å². The number of amides is 1. The molecule has 0 aliphatic heterocycles. The molecule has 0 aromatic heterocycles. The van der Waals surface area contributed by atoms with Crippen molar-refractivity contribution in [2.75, 3.05) is 20.2 Å². The fourth-order valence-electron chi connectivity index (χ4n) is 1.84. The number of carbonyl (C=O) groups excluding carboxylic acids is 2. The number of hydrogen-bond donors (Lipinski definition) is 1. The van der Waals surface area contributed by atoms with Gasteiger partial charge in [-0.05, 0) is 30.7 Å². The molecule has 5 nitrogen and oxygen atoms in total. The van der Waals surface area contributed by atoms with Crippen molar-refractivity contribution in [3.8, 4) is 0 Å². The van der Waals surface area contributed by atoms with Gasteiger partial charge in [0.2, 0.25) is 5.91 Å². The van der Waals surface area contributed by atoms with Gasteiger partial charge in [0.25, 0.3) is 0 Å². The highest BCUT2D eigenvalue weighted by atomic mass is 35.5. The smallest absolute Gasteiger partial charge is 0.307 e. The minimum atomic E-state index is -0.705. The fourth-order valence-corrected chi connectivity index (χ4v) is 2.31. The van der Waals surface area contributed by atoms with Crippen LogP contribution in [0.15, 0.2) is 24.3 Å². The second kappa shape index (κ2) is 9.55. The van der Waals surface area contributed by atoms with Crippen molar-refractivity contribution >= 4 is 41.2 Å². The Kier molecular flexibility index (Phi) is 8.09. The second-order valence-electron chi connectivity index (χ2n) is 4.96. The predicted molar refractivity (Wildman–Crippen MR) is 90.4 cm³/mol. The fraction of sp³-hybridized carbons (Fsp3) is 0.375. The summed E-state index contributed by atoms with van der Waals surface area (Å²) in [6.45, 7) is 1.85. The largest absolute Gasteiger partial charge is 0.469 e. The van der Waals surface area contributed by atoms with Crippen molar-refractivity contribution in [2.24, 2.45) is 0 Å². The van der Waals surface area contributed by atoms with Gasteiger partial charge in [-0.2, -0.15) is 0 Å². The molecule has 0 saturated carbocycles. The highest BCUT2D eigenvalue weighted by molar-refractivity contribution is 6.35. The zero-order valence-corrected chi connectivity index (χ0v) is 14.5. The maximum Gasteiger partial charge on any atom is 0.307 e. The van der Waals surface area contributed by atoms with Gasteiger partial charge in [0.15, 0.2) is 0 Å². The van der Waals surface area contributed by atoms with E-state index in [2.05, 4.69) is 4.74 Å². The molecular formula is C16H19Cl2NO4. The summed E-state index contributed by atoms with van der Waals surface area (Å²) in [7, 11) is 1.28. The Morgan fingerprint density at radius 3 is 2.65 bits per heavy atom. The van der Waals surface area contributed by atoms with Crippen molar-refractivity contribution < 1.29 is 19.4 Å². The number of ether oxygens (including phenoxy) is 1. The van der Waals surface area contributed by atoms with Crippen LogP contribution < -0.4 is 0 Å². The van der Waals surface area contributed by atoms with Crippen LogP contribution in [0.4, 0.5) is 0 Å². The van der Waals surface area contributed by atoms with Gasteiger partial charge in [0.05, 0.1) is 19.6 Å². The van der Waals surface area contributed by atoms with Crippen molar-refractivity contribution in [3.05, 3.63) is 39.9 Å². The van der Waals surface area contributed by atoms with Gasteiger partial charge >= 0.3 is 5.97 Å². The molecule has 1 amide bonds. The Balaban J connectivity index is 2.78. The molecular weight excluding hydrogens is 341 g/mol. The zero-order valence-electron chi connectivity index (χ0n) is 13.0. The average molecular weight is 360 g/mol. The first kappa shape index (κ1) is 19.5. The number of halogens is 2. The predicted octanol–water partition coefficient (Wildman–Crippen LogP) is 2.78. The molecule has 1 atom stereocenters. The first-order valence-electron chi connectivity index (χ1n) is 7.00. The lowest BCUT2D eigenvalue weighted by Gasteiger charge is -2.22. The van der Waals surface area contributed by atoms with E-state index in [9.17, 15) is 14.7 Å². The molecule has 1 aromatic rings. The van der Waals surface area contributed by atoms with Crippen LogP contribution >= 0.6 is 23.2 Å². The van der Waals surface area contributed by atoms with E-state index in [4.69, 9.17) is 23.2 Å². The normalized spacial score (nSPS) is 12.2. The maximum atomic E-state index is 12.2. The monoisotopic (exact) mass is 359 g/mol. The summed E-state index contributed by atoms with van der Waals surface area (Å²) >= 11 is 11.9. The summed E-state index contributed by atoms with van der Waals surface area (Å²) in [5.41, 5.74) is 0.648. The standard InChI is InChI=1S/C16H19Cl2NO4/c1-11(20)10-19(8-7-16(22)23-2)15(21)6-4-12-3-5-13(17)9-14(12)18/h3-6,9,11,20H,7-8,10H2,1-2H3/b6-4+. The number of benzene rings is 1.